The summed E-state index contributed by atoms with van der Waals surface area (Å²) < 4.78 is 23.4. The molecular weight excluding hydrogens is 257 g/mol. The maximum atomic E-state index is 12.6. The van der Waals surface area contributed by atoms with E-state index >= 15 is 0 Å². The smallest absolute Gasteiger partial charge is 0.379 e. The normalized spacial score (nSPS) is 20.1. The molecule has 0 fully saturated rings. The van der Waals surface area contributed by atoms with Crippen LogP contribution in [-0.2, 0) is 18.5 Å². The van der Waals surface area contributed by atoms with Gasteiger partial charge in [0.05, 0.1) is 12.2 Å². The van der Waals surface area contributed by atoms with Crippen LogP contribution in [0.15, 0.2) is 17.5 Å². The Kier molecular flexibility index (Phi) is 4.96. The van der Waals surface area contributed by atoms with Crippen molar-refractivity contribution in [2.24, 2.45) is 5.16 Å². The number of oxime groups is 1. The zero-order chi connectivity index (χ0) is 13.9. The molecule has 0 radical (unpaired) electrons. The predicted octanol–water partition coefficient (Wildman–Crippen LogP) is 3.20. The lowest BCUT2D eigenvalue weighted by Gasteiger charge is -2.21. The summed E-state index contributed by atoms with van der Waals surface area (Å²) in [6.45, 7) is 10.4. The van der Waals surface area contributed by atoms with Crippen LogP contribution in [0, 0.1) is 0 Å². The summed E-state index contributed by atoms with van der Waals surface area (Å²) >= 11 is 0. The predicted molar refractivity (Wildman–Crippen MR) is 68.7 cm³/mol. The molecule has 6 nitrogen and oxygen atoms in total. The number of hydrogen-bond donors (Lipinski definition) is 1. The lowest BCUT2D eigenvalue weighted by molar-refractivity contribution is 0.0794. The molecule has 0 aromatic rings. The standard InChI is InChI=1S/C11H20NO5P/c1-7(2)16-18(14,17-8(3)4)11-6-10(9(5)13)15-12-11/h7-8,10,13H,5-6H2,1-4H3. The first-order valence-electron chi connectivity index (χ1n) is 5.82. The van der Waals surface area contributed by atoms with Gasteiger partial charge in [-0.3, -0.25) is 4.57 Å². The Morgan fingerprint density at radius 3 is 2.28 bits per heavy atom. The van der Waals surface area contributed by atoms with Crippen LogP contribution in [0.4, 0.5) is 0 Å². The fourth-order valence-corrected chi connectivity index (χ4v) is 3.35. The Balaban J connectivity index is 2.85. The average Bonchev–Trinajstić information content (AvgIpc) is 2.63. The Labute approximate surface area is 107 Å². The van der Waals surface area contributed by atoms with E-state index in [4.69, 9.17) is 13.9 Å². The van der Waals surface area contributed by atoms with Crippen LogP contribution in [0.3, 0.4) is 0 Å². The van der Waals surface area contributed by atoms with Crippen LogP contribution in [0.1, 0.15) is 34.1 Å². The minimum absolute atomic E-state index is 0.158. The largest absolute Gasteiger partial charge is 0.509 e. The van der Waals surface area contributed by atoms with Gasteiger partial charge in [-0.15, -0.1) is 0 Å². The van der Waals surface area contributed by atoms with Crippen molar-refractivity contribution in [1.29, 1.82) is 0 Å². The third-order valence-electron chi connectivity index (χ3n) is 2.04. The van der Waals surface area contributed by atoms with Gasteiger partial charge >= 0.3 is 7.60 Å². The van der Waals surface area contributed by atoms with E-state index in [1.807, 2.05) is 0 Å². The van der Waals surface area contributed by atoms with Gasteiger partial charge in [0.2, 0.25) is 0 Å². The topological polar surface area (TPSA) is 77.4 Å². The van der Waals surface area contributed by atoms with Gasteiger partial charge in [-0.25, -0.2) is 0 Å². The van der Waals surface area contributed by atoms with E-state index in [1.165, 1.54) is 0 Å². The van der Waals surface area contributed by atoms with Gasteiger partial charge in [-0.2, -0.15) is 0 Å². The van der Waals surface area contributed by atoms with Gasteiger partial charge in [0, 0.05) is 6.42 Å². The minimum atomic E-state index is -3.48. The monoisotopic (exact) mass is 277 g/mol. The summed E-state index contributed by atoms with van der Waals surface area (Å²) in [5.74, 6) is -0.158. The highest BCUT2D eigenvalue weighted by Gasteiger charge is 2.41. The van der Waals surface area contributed by atoms with Crippen molar-refractivity contribution >= 4 is 13.0 Å². The molecule has 0 spiro atoms. The third-order valence-corrected chi connectivity index (χ3v) is 4.34. The van der Waals surface area contributed by atoms with Crippen LogP contribution in [0.5, 0.6) is 0 Å². The molecule has 1 rings (SSSR count). The Bertz CT molecular complexity index is 377. The van der Waals surface area contributed by atoms with Gasteiger partial charge in [0.1, 0.15) is 5.76 Å². The maximum absolute atomic E-state index is 12.6. The number of rotatable bonds is 6. The van der Waals surface area contributed by atoms with Crippen LogP contribution in [-0.4, -0.2) is 28.9 Å². The van der Waals surface area contributed by atoms with Crippen molar-refractivity contribution in [3.05, 3.63) is 12.3 Å². The molecule has 1 aliphatic rings. The second kappa shape index (κ2) is 5.87. The quantitative estimate of drug-likeness (QED) is 0.596. The van der Waals surface area contributed by atoms with E-state index in [9.17, 15) is 9.67 Å². The molecule has 0 saturated heterocycles. The molecule has 0 amide bonds. The molecule has 18 heavy (non-hydrogen) atoms. The molecule has 1 atom stereocenters. The summed E-state index contributed by atoms with van der Waals surface area (Å²) in [4.78, 5) is 4.94. The molecule has 0 saturated carbocycles. The highest BCUT2D eigenvalue weighted by atomic mass is 31.2. The average molecular weight is 277 g/mol. The molecule has 1 N–H and O–H groups in total. The van der Waals surface area contributed by atoms with E-state index in [0.717, 1.165) is 0 Å². The van der Waals surface area contributed by atoms with Crippen LogP contribution in [0.2, 0.25) is 0 Å². The maximum Gasteiger partial charge on any atom is 0.379 e. The first-order valence-corrected chi connectivity index (χ1v) is 7.36. The molecule has 1 aliphatic heterocycles. The van der Waals surface area contributed by atoms with Gasteiger partial charge in [-0.05, 0) is 27.7 Å². The Hall–Kier alpha value is -0.840. The van der Waals surface area contributed by atoms with Gasteiger partial charge < -0.3 is 19.0 Å². The molecule has 0 aliphatic carbocycles. The molecule has 1 heterocycles. The van der Waals surface area contributed by atoms with E-state index in [2.05, 4.69) is 11.7 Å². The number of aliphatic hydroxyl groups excluding tert-OH is 1. The lowest BCUT2D eigenvalue weighted by Crippen LogP contribution is -2.16. The highest BCUT2D eigenvalue weighted by Crippen LogP contribution is 2.54. The van der Waals surface area contributed by atoms with E-state index in [1.54, 1.807) is 27.7 Å². The number of hydrogen-bond acceptors (Lipinski definition) is 6. The fourth-order valence-electron chi connectivity index (χ4n) is 1.41. The van der Waals surface area contributed by atoms with Crippen LogP contribution < -0.4 is 0 Å². The molecule has 104 valence electrons. The summed E-state index contributed by atoms with van der Waals surface area (Å²) in [6.07, 6.45) is -1.06. The third kappa shape index (κ3) is 3.83. The summed E-state index contributed by atoms with van der Waals surface area (Å²) in [7, 11) is -3.48. The van der Waals surface area contributed by atoms with E-state index < -0.39 is 13.7 Å². The zero-order valence-corrected chi connectivity index (χ0v) is 12.0. The number of nitrogens with zero attached hydrogens (tertiary/aromatic N) is 1. The molecule has 0 bridgehead atoms. The van der Waals surface area contributed by atoms with Crippen molar-refractivity contribution in [1.82, 2.24) is 0 Å². The lowest BCUT2D eigenvalue weighted by atomic mass is 10.2. The SMILES string of the molecule is C=C(O)C1CC(P(=O)(OC(C)C)OC(C)C)=NO1. The number of aliphatic hydroxyl groups is 1. The second-order valence-electron chi connectivity index (χ2n) is 4.60. The van der Waals surface area contributed by atoms with Crippen molar-refractivity contribution in [2.45, 2.75) is 52.4 Å². The zero-order valence-electron chi connectivity index (χ0n) is 11.1. The van der Waals surface area contributed by atoms with E-state index in [0.29, 0.717) is 0 Å². The molecule has 1 unspecified atom stereocenters. The summed E-state index contributed by atoms with van der Waals surface area (Å²) in [5, 5.41) is 12.9. The minimum Gasteiger partial charge on any atom is -0.509 e. The van der Waals surface area contributed by atoms with Crippen molar-refractivity contribution in [2.75, 3.05) is 0 Å². The molecular formula is C11H20NO5P. The van der Waals surface area contributed by atoms with Crippen molar-refractivity contribution < 1.29 is 23.6 Å². The highest BCUT2D eigenvalue weighted by molar-refractivity contribution is 7.72. The Morgan fingerprint density at radius 1 is 1.44 bits per heavy atom. The van der Waals surface area contributed by atoms with E-state index in [-0.39, 0.29) is 29.8 Å². The summed E-state index contributed by atoms with van der Waals surface area (Å²) in [5.41, 5.74) is 0.185. The molecule has 0 aromatic heterocycles. The van der Waals surface area contributed by atoms with Gasteiger partial charge in [0.15, 0.2) is 11.6 Å². The second-order valence-corrected chi connectivity index (χ2v) is 6.54. The fraction of sp³-hybridized carbons (Fsp3) is 0.727. The Morgan fingerprint density at radius 2 is 1.94 bits per heavy atom. The molecule has 0 aromatic carbocycles. The van der Waals surface area contributed by atoms with Gasteiger partial charge in [-0.1, -0.05) is 11.7 Å². The van der Waals surface area contributed by atoms with Crippen molar-refractivity contribution in [3.63, 3.8) is 0 Å². The first-order chi connectivity index (χ1) is 8.24. The van der Waals surface area contributed by atoms with Crippen LogP contribution in [0.25, 0.3) is 0 Å². The van der Waals surface area contributed by atoms with Gasteiger partial charge in [0.25, 0.3) is 0 Å². The molecule has 7 heteroatoms. The van der Waals surface area contributed by atoms with Crippen LogP contribution >= 0.6 is 7.60 Å². The van der Waals surface area contributed by atoms with Crippen molar-refractivity contribution in [3.8, 4) is 0 Å². The first kappa shape index (κ1) is 15.2. The summed E-state index contributed by atoms with van der Waals surface area (Å²) in [6, 6.07) is 0.